The molecule has 1 saturated heterocycles. The Morgan fingerprint density at radius 3 is 2.53 bits per heavy atom. The summed E-state index contributed by atoms with van der Waals surface area (Å²) in [6, 6.07) is 12.7. The third-order valence-corrected chi connectivity index (χ3v) is 6.84. The zero-order valence-electron chi connectivity index (χ0n) is 20.4. The molecule has 1 fully saturated rings. The smallest absolute Gasteiger partial charge is 0.173 e. The van der Waals surface area contributed by atoms with E-state index < -0.39 is 5.82 Å². The monoisotopic (exact) mass is 483 g/mol. The Bertz CT molecular complexity index is 1560. The molecule has 5 heterocycles. The van der Waals surface area contributed by atoms with Crippen LogP contribution in [-0.2, 0) is 13.6 Å². The Labute approximate surface area is 207 Å². The number of pyridine rings is 1. The second-order valence-corrected chi connectivity index (χ2v) is 9.56. The van der Waals surface area contributed by atoms with Gasteiger partial charge in [0, 0.05) is 61.8 Å². The molecule has 0 amide bonds. The fraction of sp³-hybridized carbons (Fsp3) is 0.259. The third-order valence-electron chi connectivity index (χ3n) is 6.84. The van der Waals surface area contributed by atoms with Crippen molar-refractivity contribution in [3.05, 3.63) is 83.5 Å². The molecule has 1 aromatic carbocycles. The van der Waals surface area contributed by atoms with Gasteiger partial charge in [-0.15, -0.1) is 0 Å². The number of hydrogen-bond donors (Lipinski definition) is 1. The highest BCUT2D eigenvalue weighted by Gasteiger charge is 2.30. The van der Waals surface area contributed by atoms with Crippen molar-refractivity contribution in [1.29, 1.82) is 0 Å². The average molecular weight is 484 g/mol. The summed E-state index contributed by atoms with van der Waals surface area (Å²) in [6.07, 6.45) is 3.58. The van der Waals surface area contributed by atoms with Crippen LogP contribution in [-0.4, -0.2) is 52.5 Å². The number of benzene rings is 1. The minimum Gasteiger partial charge on any atom is -0.507 e. The molecule has 1 N–H and O–H groups in total. The molecule has 0 unspecified atom stereocenters. The van der Waals surface area contributed by atoms with E-state index in [1.54, 1.807) is 28.9 Å². The summed E-state index contributed by atoms with van der Waals surface area (Å²) in [5.41, 5.74) is 6.73. The highest BCUT2D eigenvalue weighted by Crippen LogP contribution is 2.34. The lowest BCUT2D eigenvalue weighted by atomic mass is 9.95. The normalized spacial score (nSPS) is 14.4. The van der Waals surface area contributed by atoms with Crippen LogP contribution in [0, 0.1) is 19.7 Å². The van der Waals surface area contributed by atoms with E-state index in [1.807, 2.05) is 36.9 Å². The number of fused-ring (bicyclic) bond motifs is 1. The number of phenolic OH excluding ortho intramolecular Hbond substituents is 1. The van der Waals surface area contributed by atoms with Crippen LogP contribution in [0.25, 0.3) is 28.0 Å². The van der Waals surface area contributed by atoms with Gasteiger partial charge in [-0.1, -0.05) is 6.07 Å². The molecular weight excluding hydrogens is 457 g/mol. The van der Waals surface area contributed by atoms with Gasteiger partial charge >= 0.3 is 0 Å². The summed E-state index contributed by atoms with van der Waals surface area (Å²) in [5.74, 6) is -0.00312. The summed E-state index contributed by atoms with van der Waals surface area (Å²) < 4.78 is 18.1. The minimum absolute atomic E-state index is 0.0670. The number of hydrogen-bond acceptors (Lipinski definition) is 6. The number of halogens is 1. The highest BCUT2D eigenvalue weighted by atomic mass is 19.1. The third kappa shape index (κ3) is 4.01. The first-order valence-corrected chi connectivity index (χ1v) is 11.9. The van der Waals surface area contributed by atoms with Crippen molar-refractivity contribution in [2.75, 3.05) is 13.1 Å². The fourth-order valence-corrected chi connectivity index (χ4v) is 4.80. The van der Waals surface area contributed by atoms with Crippen molar-refractivity contribution in [1.82, 2.24) is 34.3 Å². The highest BCUT2D eigenvalue weighted by molar-refractivity contribution is 5.74. The van der Waals surface area contributed by atoms with E-state index in [-0.39, 0.29) is 11.4 Å². The van der Waals surface area contributed by atoms with Crippen LogP contribution in [0.15, 0.2) is 54.9 Å². The molecule has 0 atom stereocenters. The number of aryl methyl sites for hydroxylation is 3. The zero-order chi connectivity index (χ0) is 25.0. The molecule has 0 aliphatic carbocycles. The molecule has 182 valence electrons. The Morgan fingerprint density at radius 1 is 1.00 bits per heavy atom. The lowest BCUT2D eigenvalue weighted by Crippen LogP contribution is -2.44. The van der Waals surface area contributed by atoms with Crippen molar-refractivity contribution in [2.45, 2.75) is 26.3 Å². The maximum atomic E-state index is 14.5. The summed E-state index contributed by atoms with van der Waals surface area (Å²) >= 11 is 0. The van der Waals surface area contributed by atoms with Crippen LogP contribution < -0.4 is 0 Å². The Kier molecular flexibility index (Phi) is 5.30. The molecule has 36 heavy (non-hydrogen) atoms. The first-order valence-electron chi connectivity index (χ1n) is 11.9. The molecule has 1 aliphatic heterocycles. The molecule has 0 radical (unpaired) electrons. The van der Waals surface area contributed by atoms with Crippen LogP contribution >= 0.6 is 0 Å². The molecule has 4 aromatic heterocycles. The van der Waals surface area contributed by atoms with Gasteiger partial charge in [0.2, 0.25) is 0 Å². The van der Waals surface area contributed by atoms with Gasteiger partial charge in [-0.3, -0.25) is 9.58 Å². The number of imidazole rings is 1. The predicted octanol–water partition coefficient (Wildman–Crippen LogP) is 4.25. The van der Waals surface area contributed by atoms with Crippen molar-refractivity contribution in [2.24, 2.45) is 7.05 Å². The quantitative estimate of drug-likeness (QED) is 0.402. The van der Waals surface area contributed by atoms with Crippen molar-refractivity contribution in [3.8, 4) is 28.1 Å². The first-order chi connectivity index (χ1) is 17.3. The molecule has 9 heteroatoms. The van der Waals surface area contributed by atoms with E-state index in [4.69, 9.17) is 0 Å². The van der Waals surface area contributed by atoms with E-state index in [0.29, 0.717) is 28.3 Å². The zero-order valence-corrected chi connectivity index (χ0v) is 20.4. The number of phenols is 1. The molecule has 0 bridgehead atoms. The van der Waals surface area contributed by atoms with E-state index in [0.717, 1.165) is 42.4 Å². The molecule has 5 aromatic rings. The van der Waals surface area contributed by atoms with E-state index in [1.165, 1.54) is 6.07 Å². The van der Waals surface area contributed by atoms with E-state index in [2.05, 4.69) is 38.2 Å². The van der Waals surface area contributed by atoms with Crippen molar-refractivity contribution in [3.63, 3.8) is 0 Å². The lowest BCUT2D eigenvalue weighted by Gasteiger charge is -2.38. The van der Waals surface area contributed by atoms with Crippen molar-refractivity contribution < 1.29 is 9.50 Å². The molecule has 0 saturated carbocycles. The van der Waals surface area contributed by atoms with Gasteiger partial charge in [-0.2, -0.15) is 15.3 Å². The number of nitrogens with zero attached hydrogens (tertiary/aromatic N) is 7. The minimum atomic E-state index is -0.407. The molecule has 6 rings (SSSR count). The molecule has 0 spiro atoms. The van der Waals surface area contributed by atoms with Crippen LogP contribution in [0.1, 0.15) is 28.7 Å². The Morgan fingerprint density at radius 2 is 1.83 bits per heavy atom. The van der Waals surface area contributed by atoms with Crippen LogP contribution in [0.4, 0.5) is 4.39 Å². The number of aromatic nitrogens is 6. The standard InChI is InChI=1S/C27H26FN7O/c1-16-11-35-14-19(9-23(28)27(35)29-16)18-4-5-22(26(36)10-18)25-7-6-24(30-31-25)20-12-34(13-20)15-21-8-17(2)33(3)32-21/h4-11,14,20,36H,12-13,15H2,1-3H3. The Balaban J connectivity index is 1.16. The Hall–Kier alpha value is -4.11. The van der Waals surface area contributed by atoms with E-state index in [9.17, 15) is 9.50 Å². The fourth-order valence-electron chi connectivity index (χ4n) is 4.80. The van der Waals surface area contributed by atoms with Gasteiger partial charge in [-0.05, 0) is 55.8 Å². The number of likely N-dealkylation sites (tertiary alicyclic amines) is 1. The van der Waals surface area contributed by atoms with Crippen LogP contribution in [0.5, 0.6) is 5.75 Å². The van der Waals surface area contributed by atoms with Crippen LogP contribution in [0.3, 0.4) is 0 Å². The second-order valence-electron chi connectivity index (χ2n) is 9.56. The van der Waals surface area contributed by atoms with Gasteiger partial charge in [0.1, 0.15) is 5.75 Å². The van der Waals surface area contributed by atoms with Gasteiger partial charge in [0.15, 0.2) is 11.5 Å². The first kappa shape index (κ1) is 22.4. The summed E-state index contributed by atoms with van der Waals surface area (Å²) in [5, 5.41) is 24.1. The maximum absolute atomic E-state index is 14.5. The number of rotatable bonds is 5. The second kappa shape index (κ2) is 8.53. The van der Waals surface area contributed by atoms with Gasteiger partial charge in [0.25, 0.3) is 0 Å². The summed E-state index contributed by atoms with van der Waals surface area (Å²) in [7, 11) is 1.96. The predicted molar refractivity (Wildman–Crippen MR) is 134 cm³/mol. The largest absolute Gasteiger partial charge is 0.507 e. The van der Waals surface area contributed by atoms with Crippen molar-refractivity contribution >= 4 is 5.65 Å². The lowest BCUT2D eigenvalue weighted by molar-refractivity contribution is 0.134. The topological polar surface area (TPSA) is 84.4 Å². The van der Waals surface area contributed by atoms with E-state index >= 15 is 0 Å². The molecule has 8 nitrogen and oxygen atoms in total. The van der Waals surface area contributed by atoms with Crippen LogP contribution in [0.2, 0.25) is 0 Å². The summed E-state index contributed by atoms with van der Waals surface area (Å²) in [6.45, 7) is 6.55. The summed E-state index contributed by atoms with van der Waals surface area (Å²) in [4.78, 5) is 6.54. The molecule has 1 aliphatic rings. The van der Waals surface area contributed by atoms with Gasteiger partial charge < -0.3 is 9.51 Å². The molecular formula is C27H26FN7O. The maximum Gasteiger partial charge on any atom is 0.173 e. The van der Waals surface area contributed by atoms with Gasteiger partial charge in [-0.25, -0.2) is 9.37 Å². The number of aromatic hydroxyl groups is 1. The SMILES string of the molecule is Cc1cn2cc(-c3ccc(-c4ccc(C5CN(Cc6cc(C)n(C)n6)C5)nn4)c(O)c3)cc(F)c2n1. The van der Waals surface area contributed by atoms with Gasteiger partial charge in [0.05, 0.1) is 22.8 Å². The average Bonchev–Trinajstić information content (AvgIpc) is 3.36.